The van der Waals surface area contributed by atoms with Crippen LogP contribution in [-0.2, 0) is 15.9 Å². The van der Waals surface area contributed by atoms with Gasteiger partial charge >= 0.3 is 7.12 Å². The summed E-state index contributed by atoms with van der Waals surface area (Å²) in [6, 6.07) is 5.64. The Hall–Kier alpha value is -1.35. The maximum absolute atomic E-state index is 7.03. The van der Waals surface area contributed by atoms with Crippen molar-refractivity contribution < 1.29 is 9.31 Å². The van der Waals surface area contributed by atoms with Crippen molar-refractivity contribution in [3.8, 4) is 0 Å². The molecule has 0 fully saturated rings. The normalized spacial score (nSPS) is 13.8. The fourth-order valence-electron chi connectivity index (χ4n) is 1.97. The van der Waals surface area contributed by atoms with Crippen LogP contribution in [0.1, 0.15) is 12.0 Å². The van der Waals surface area contributed by atoms with Crippen molar-refractivity contribution in [3.63, 3.8) is 0 Å². The van der Waals surface area contributed by atoms with Crippen LogP contribution < -0.4 is 5.46 Å². The first-order valence-electron chi connectivity index (χ1n) is 6.09. The van der Waals surface area contributed by atoms with Gasteiger partial charge in [0.2, 0.25) is 0 Å². The molecule has 0 radical (unpaired) electrons. The summed E-state index contributed by atoms with van der Waals surface area (Å²) in [5, 5.41) is 0. The lowest BCUT2D eigenvalue weighted by molar-refractivity contribution is 0.202. The average molecular weight is 244 g/mol. The minimum atomic E-state index is -0.302. The Morgan fingerprint density at radius 2 is 2.33 bits per heavy atom. The van der Waals surface area contributed by atoms with Crippen LogP contribution in [0.3, 0.4) is 0 Å². The van der Waals surface area contributed by atoms with Gasteiger partial charge in [-0.15, -0.1) is 0 Å². The lowest BCUT2D eigenvalue weighted by Crippen LogP contribution is -2.33. The van der Waals surface area contributed by atoms with Crippen molar-refractivity contribution in [2.45, 2.75) is 13.0 Å². The maximum Gasteiger partial charge on any atom is 0.493 e. The monoisotopic (exact) mass is 244 g/mol. The van der Waals surface area contributed by atoms with Crippen LogP contribution in [0.25, 0.3) is 4.85 Å². The summed E-state index contributed by atoms with van der Waals surface area (Å²) in [5.74, 6) is 0. The smallest absolute Gasteiger partial charge is 0.407 e. The molecular weight excluding hydrogens is 227 g/mol. The molecule has 1 aliphatic heterocycles. The SMILES string of the molecule is [C-]#[N+]c1ccc2c(c1)B(OCCCN(C)C)OC2. The predicted molar refractivity (Wildman–Crippen MR) is 72.0 cm³/mol. The lowest BCUT2D eigenvalue weighted by Gasteiger charge is -2.11. The summed E-state index contributed by atoms with van der Waals surface area (Å²) >= 11 is 0. The number of rotatable bonds is 5. The highest BCUT2D eigenvalue weighted by atomic mass is 16.6. The van der Waals surface area contributed by atoms with E-state index in [2.05, 4.69) is 9.74 Å². The molecule has 4 nitrogen and oxygen atoms in total. The number of fused-ring (bicyclic) bond motifs is 1. The van der Waals surface area contributed by atoms with Gasteiger partial charge in [0.05, 0.1) is 13.2 Å². The van der Waals surface area contributed by atoms with E-state index < -0.39 is 0 Å². The molecule has 0 unspecified atom stereocenters. The highest BCUT2D eigenvalue weighted by Crippen LogP contribution is 2.17. The number of hydrogen-bond donors (Lipinski definition) is 0. The zero-order valence-electron chi connectivity index (χ0n) is 10.8. The van der Waals surface area contributed by atoms with Gasteiger partial charge < -0.3 is 14.2 Å². The first kappa shape index (κ1) is 13.1. The third-order valence-corrected chi connectivity index (χ3v) is 2.92. The fraction of sp³-hybridized carbons (Fsp3) is 0.462. The van der Waals surface area contributed by atoms with E-state index in [4.69, 9.17) is 15.9 Å². The number of benzene rings is 1. The summed E-state index contributed by atoms with van der Waals surface area (Å²) in [5.41, 5.74) is 2.77. The first-order chi connectivity index (χ1) is 8.70. The summed E-state index contributed by atoms with van der Waals surface area (Å²) in [4.78, 5) is 5.56. The average Bonchev–Trinajstić information content (AvgIpc) is 2.76. The van der Waals surface area contributed by atoms with Gasteiger partial charge in [0, 0.05) is 6.61 Å². The van der Waals surface area contributed by atoms with Gasteiger partial charge in [0.25, 0.3) is 0 Å². The molecule has 0 spiro atoms. The van der Waals surface area contributed by atoms with Crippen LogP contribution in [0.4, 0.5) is 5.69 Å². The fourth-order valence-corrected chi connectivity index (χ4v) is 1.97. The summed E-state index contributed by atoms with van der Waals surface area (Å²) < 4.78 is 11.3. The Balaban J connectivity index is 1.92. The van der Waals surface area contributed by atoms with E-state index in [-0.39, 0.29) is 7.12 Å². The molecule has 0 atom stereocenters. The largest absolute Gasteiger partial charge is 0.493 e. The zero-order valence-corrected chi connectivity index (χ0v) is 10.8. The van der Waals surface area contributed by atoms with Gasteiger partial charge in [0.1, 0.15) is 0 Å². The number of nitrogens with zero attached hydrogens (tertiary/aromatic N) is 2. The predicted octanol–water partition coefficient (Wildman–Crippen LogP) is 1.43. The van der Waals surface area contributed by atoms with Crippen molar-refractivity contribution in [1.29, 1.82) is 0 Å². The van der Waals surface area contributed by atoms with Gasteiger partial charge in [0.15, 0.2) is 5.69 Å². The molecule has 2 rings (SSSR count). The molecule has 0 aromatic heterocycles. The molecular formula is C13H17BN2O2. The molecule has 5 heteroatoms. The Labute approximate surface area is 108 Å². The van der Waals surface area contributed by atoms with Gasteiger partial charge in [-0.2, -0.15) is 0 Å². The van der Waals surface area contributed by atoms with Crippen molar-refractivity contribution in [2.75, 3.05) is 27.2 Å². The second-order valence-electron chi connectivity index (χ2n) is 4.67. The van der Waals surface area contributed by atoms with Crippen molar-refractivity contribution in [1.82, 2.24) is 4.90 Å². The molecule has 1 aromatic rings. The number of hydrogen-bond acceptors (Lipinski definition) is 3. The van der Waals surface area contributed by atoms with Crippen molar-refractivity contribution >= 4 is 18.3 Å². The highest BCUT2D eigenvalue weighted by Gasteiger charge is 2.30. The molecule has 1 aromatic carbocycles. The Morgan fingerprint density at radius 3 is 3.06 bits per heavy atom. The van der Waals surface area contributed by atoms with Crippen LogP contribution in [0.15, 0.2) is 18.2 Å². The standard InChI is InChI=1S/C13H17BN2O2/c1-15-12-6-5-11-10-18-14(13(11)9-12)17-8-4-7-16(2)3/h5-6,9H,4,7-8,10H2,2-3H3. The van der Waals surface area contributed by atoms with E-state index in [9.17, 15) is 0 Å². The molecule has 1 heterocycles. The highest BCUT2D eigenvalue weighted by molar-refractivity contribution is 6.63. The van der Waals surface area contributed by atoms with E-state index in [1.54, 1.807) is 0 Å². The second kappa shape index (κ2) is 6.01. The minimum Gasteiger partial charge on any atom is -0.407 e. The van der Waals surface area contributed by atoms with E-state index in [0.29, 0.717) is 18.9 Å². The Bertz CT molecular complexity index is 457. The van der Waals surface area contributed by atoms with E-state index >= 15 is 0 Å². The Morgan fingerprint density at radius 1 is 1.50 bits per heavy atom. The van der Waals surface area contributed by atoms with E-state index in [1.807, 2.05) is 32.3 Å². The van der Waals surface area contributed by atoms with Crippen LogP contribution in [0.2, 0.25) is 0 Å². The topological polar surface area (TPSA) is 26.1 Å². The maximum atomic E-state index is 7.03. The van der Waals surface area contributed by atoms with Gasteiger partial charge in [-0.05, 0) is 38.1 Å². The Kier molecular flexibility index (Phi) is 4.37. The summed E-state index contributed by atoms with van der Waals surface area (Å²) in [7, 11) is 3.79. The molecule has 0 saturated carbocycles. The van der Waals surface area contributed by atoms with Crippen LogP contribution in [0, 0.1) is 6.57 Å². The quantitative estimate of drug-likeness (QED) is 0.445. The van der Waals surface area contributed by atoms with Crippen LogP contribution in [0.5, 0.6) is 0 Å². The molecule has 0 amide bonds. The minimum absolute atomic E-state index is 0.302. The lowest BCUT2D eigenvalue weighted by atomic mass is 9.78. The van der Waals surface area contributed by atoms with Crippen molar-refractivity contribution in [3.05, 3.63) is 35.2 Å². The van der Waals surface area contributed by atoms with Gasteiger partial charge in [-0.25, -0.2) is 4.85 Å². The van der Waals surface area contributed by atoms with Gasteiger partial charge in [-0.3, -0.25) is 0 Å². The molecule has 0 aliphatic carbocycles. The third kappa shape index (κ3) is 3.11. The third-order valence-electron chi connectivity index (χ3n) is 2.92. The summed E-state index contributed by atoms with van der Waals surface area (Å²) in [6.45, 7) is 9.27. The van der Waals surface area contributed by atoms with Crippen molar-refractivity contribution in [2.24, 2.45) is 0 Å². The molecule has 18 heavy (non-hydrogen) atoms. The second-order valence-corrected chi connectivity index (χ2v) is 4.67. The van der Waals surface area contributed by atoms with Crippen LogP contribution in [-0.4, -0.2) is 39.3 Å². The van der Waals surface area contributed by atoms with E-state index in [0.717, 1.165) is 24.0 Å². The molecule has 0 saturated heterocycles. The first-order valence-corrected chi connectivity index (χ1v) is 6.09. The zero-order chi connectivity index (χ0) is 13.0. The summed E-state index contributed by atoms with van der Waals surface area (Å²) in [6.07, 6.45) is 0.977. The molecule has 0 N–H and O–H groups in total. The molecule has 94 valence electrons. The van der Waals surface area contributed by atoms with E-state index in [1.165, 1.54) is 0 Å². The van der Waals surface area contributed by atoms with Gasteiger partial charge in [-0.1, -0.05) is 18.2 Å². The van der Waals surface area contributed by atoms with Crippen LogP contribution >= 0.6 is 0 Å². The molecule has 1 aliphatic rings. The molecule has 0 bridgehead atoms.